The van der Waals surface area contributed by atoms with Crippen LogP contribution in [0.3, 0.4) is 0 Å². The van der Waals surface area contributed by atoms with Crippen LogP contribution in [0.15, 0.2) is 17.1 Å². The number of nitrogens with one attached hydrogen (secondary N) is 2. The van der Waals surface area contributed by atoms with E-state index in [-0.39, 0.29) is 37.9 Å². The fourth-order valence-corrected chi connectivity index (χ4v) is 6.74. The molecule has 1 aliphatic heterocycles. The number of phosphoric acid groups is 3. The highest BCUT2D eigenvalue weighted by Gasteiger charge is 2.44. The topological polar surface area (TPSA) is 318 Å². The molecule has 22 heteroatoms. The Bertz CT molecular complexity index is 1320. The van der Waals surface area contributed by atoms with Gasteiger partial charge in [0.25, 0.3) is 5.56 Å². The second-order valence-electron chi connectivity index (χ2n) is 8.46. The van der Waals surface area contributed by atoms with Crippen molar-refractivity contribution in [2.24, 2.45) is 5.73 Å². The van der Waals surface area contributed by atoms with Crippen molar-refractivity contribution >= 4 is 29.4 Å². The minimum absolute atomic E-state index is 0.0195. The first-order valence-electron chi connectivity index (χ1n) is 11.6. The van der Waals surface area contributed by atoms with Gasteiger partial charge in [0.05, 0.1) is 19.3 Å². The van der Waals surface area contributed by atoms with Crippen LogP contribution in [-0.2, 0) is 36.4 Å². The average molecular weight is 649 g/mol. The van der Waals surface area contributed by atoms with Crippen molar-refractivity contribution in [3.05, 3.63) is 33.7 Å². The number of aliphatic hydroxyl groups is 3. The lowest BCUT2D eigenvalue weighted by Gasteiger charge is -2.20. The molecule has 7 atom stereocenters. The fraction of sp³-hybridized carbons (Fsp3) is 0.579. The molecule has 11 N–H and O–H groups in total. The molecular formula is C19H30N3O16P3. The number of aliphatic hydroxyl groups excluding tert-OH is 3. The molecule has 1 fully saturated rings. The summed E-state index contributed by atoms with van der Waals surface area (Å²) < 4.78 is 51.1. The van der Waals surface area contributed by atoms with E-state index >= 15 is 0 Å². The Balaban J connectivity index is 1.83. The molecule has 0 radical (unpaired) electrons. The van der Waals surface area contributed by atoms with E-state index in [1.165, 1.54) is 12.3 Å². The molecule has 0 aromatic carbocycles. The third-order valence-corrected chi connectivity index (χ3v) is 9.17. The molecular weight excluding hydrogens is 619 g/mol. The number of carbonyl (C=O) groups excluding carboxylic acids is 1. The number of aromatic amines is 1. The number of rotatable bonds is 14. The standard InChI is InChI=1S/C19H30N3O16P3/c20-8-12(36-40(31,32)38-41(33,34)37-39(28,29)30)4-1-5-15(24)21-6-2-3-11-7-13(19(27)22-9-11)18-17(26)16(25)14(10-23)35-18/h7,9,12,14,16-18,23,25-26H,1,4-6,8,10,20H2,(H,21,24)(H,22,27)(H,31,32)(H,33,34)(H2,28,29,30)/t12?,14-,16-,17-,18+/m1/s1. The summed E-state index contributed by atoms with van der Waals surface area (Å²) in [5, 5.41) is 31.7. The van der Waals surface area contributed by atoms with Gasteiger partial charge in [-0.3, -0.25) is 14.1 Å². The molecule has 0 saturated carbocycles. The highest BCUT2D eigenvalue weighted by atomic mass is 31.3. The summed E-state index contributed by atoms with van der Waals surface area (Å²) >= 11 is 0. The Kier molecular flexibility index (Phi) is 13.0. The third kappa shape index (κ3) is 11.8. The van der Waals surface area contributed by atoms with Crippen LogP contribution >= 0.6 is 23.5 Å². The number of nitrogens with two attached hydrogens (primary N) is 1. The SMILES string of the molecule is NCC(CCCC(=O)NCC#Cc1c[nH]c(=O)c([C@@H]2O[C@H](CO)[C@@H](O)[C@H]2O)c1)OP(=O)(O)OP(=O)(O)OP(=O)(O)O. The summed E-state index contributed by atoms with van der Waals surface area (Å²) in [5.41, 5.74) is 5.10. The van der Waals surface area contributed by atoms with E-state index < -0.39 is 72.1 Å². The molecule has 19 nitrogen and oxygen atoms in total. The molecule has 2 rings (SSSR count). The predicted octanol–water partition coefficient (Wildman–Crippen LogP) is -2.16. The van der Waals surface area contributed by atoms with Gasteiger partial charge in [-0.15, -0.1) is 0 Å². The van der Waals surface area contributed by atoms with Gasteiger partial charge >= 0.3 is 23.5 Å². The molecule has 41 heavy (non-hydrogen) atoms. The first kappa shape index (κ1) is 35.4. The van der Waals surface area contributed by atoms with Gasteiger partial charge in [-0.05, 0) is 18.9 Å². The monoisotopic (exact) mass is 649 g/mol. The van der Waals surface area contributed by atoms with Crippen LogP contribution < -0.4 is 16.6 Å². The molecule has 3 unspecified atom stereocenters. The fourth-order valence-electron chi connectivity index (χ4n) is 3.51. The zero-order valence-electron chi connectivity index (χ0n) is 21.0. The lowest BCUT2D eigenvalue weighted by atomic mass is 10.0. The van der Waals surface area contributed by atoms with Crippen molar-refractivity contribution in [3.8, 4) is 11.8 Å². The highest BCUT2D eigenvalue weighted by Crippen LogP contribution is 2.66. The summed E-state index contributed by atoms with van der Waals surface area (Å²) in [6, 6.07) is 1.33. The lowest BCUT2D eigenvalue weighted by molar-refractivity contribution is -0.121. The predicted molar refractivity (Wildman–Crippen MR) is 135 cm³/mol. The molecule has 1 saturated heterocycles. The van der Waals surface area contributed by atoms with Gasteiger partial charge in [0.2, 0.25) is 5.91 Å². The first-order valence-corrected chi connectivity index (χ1v) is 16.1. The first-order chi connectivity index (χ1) is 19.0. The van der Waals surface area contributed by atoms with E-state index in [1.54, 1.807) is 0 Å². The van der Waals surface area contributed by atoms with Crippen LogP contribution in [0.1, 0.15) is 36.5 Å². The number of aromatic nitrogens is 1. The van der Waals surface area contributed by atoms with Gasteiger partial charge in [-0.2, -0.15) is 8.62 Å². The van der Waals surface area contributed by atoms with Crippen molar-refractivity contribution in [3.63, 3.8) is 0 Å². The molecule has 0 bridgehead atoms. The van der Waals surface area contributed by atoms with Crippen molar-refractivity contribution in [2.75, 3.05) is 19.7 Å². The summed E-state index contributed by atoms with van der Waals surface area (Å²) in [5.74, 6) is 4.85. The van der Waals surface area contributed by atoms with E-state index in [9.17, 15) is 48.4 Å². The van der Waals surface area contributed by atoms with Crippen LogP contribution in [0.5, 0.6) is 0 Å². The van der Waals surface area contributed by atoms with E-state index in [0.29, 0.717) is 5.56 Å². The number of H-pyrrole nitrogens is 1. The molecule has 1 aromatic rings. The van der Waals surface area contributed by atoms with Crippen molar-refractivity contribution in [1.29, 1.82) is 0 Å². The molecule has 1 amide bonds. The molecule has 1 aromatic heterocycles. The minimum atomic E-state index is -5.68. The van der Waals surface area contributed by atoms with Gasteiger partial charge in [-0.25, -0.2) is 13.7 Å². The maximum absolute atomic E-state index is 12.2. The number of pyridine rings is 1. The van der Waals surface area contributed by atoms with Gasteiger partial charge in [0, 0.05) is 30.3 Å². The number of carbonyl (C=O) groups is 1. The van der Waals surface area contributed by atoms with E-state index in [1.807, 2.05) is 0 Å². The summed E-state index contributed by atoms with van der Waals surface area (Å²) in [4.78, 5) is 62.5. The second kappa shape index (κ2) is 15.1. The zero-order chi connectivity index (χ0) is 31.0. The van der Waals surface area contributed by atoms with Crippen molar-refractivity contribution < 1.29 is 71.3 Å². The second-order valence-corrected chi connectivity index (χ2v) is 12.8. The van der Waals surface area contributed by atoms with E-state index in [0.717, 1.165) is 0 Å². The van der Waals surface area contributed by atoms with Crippen LogP contribution in [0.4, 0.5) is 0 Å². The largest absolute Gasteiger partial charge is 0.490 e. The quantitative estimate of drug-likeness (QED) is 0.0757. The van der Waals surface area contributed by atoms with Gasteiger partial charge < -0.3 is 55.7 Å². The van der Waals surface area contributed by atoms with Crippen LogP contribution in [0, 0.1) is 11.8 Å². The number of ether oxygens (including phenoxy) is 1. The average Bonchev–Trinajstić information content (AvgIpc) is 3.13. The molecule has 0 spiro atoms. The van der Waals surface area contributed by atoms with E-state index in [2.05, 4.69) is 35.3 Å². The number of phosphoric ester groups is 1. The normalized spacial score (nSPS) is 24.5. The summed E-state index contributed by atoms with van der Waals surface area (Å²) in [6.45, 7) is -1.07. The maximum Gasteiger partial charge on any atom is 0.490 e. The smallest absolute Gasteiger partial charge is 0.394 e. The highest BCUT2D eigenvalue weighted by molar-refractivity contribution is 7.66. The van der Waals surface area contributed by atoms with Crippen molar-refractivity contribution in [1.82, 2.24) is 10.3 Å². The van der Waals surface area contributed by atoms with Crippen LogP contribution in [0.2, 0.25) is 0 Å². The van der Waals surface area contributed by atoms with Crippen LogP contribution in [-0.4, -0.2) is 89.9 Å². The molecule has 1 aliphatic rings. The lowest BCUT2D eigenvalue weighted by Crippen LogP contribution is -2.33. The Labute approximate surface area is 232 Å². The minimum Gasteiger partial charge on any atom is -0.394 e. The number of hydrogen-bond donors (Lipinski definition) is 10. The Morgan fingerprint density at radius 2 is 1.83 bits per heavy atom. The third-order valence-electron chi connectivity index (χ3n) is 5.28. The van der Waals surface area contributed by atoms with Gasteiger partial charge in [0.15, 0.2) is 0 Å². The van der Waals surface area contributed by atoms with Gasteiger partial charge in [0.1, 0.15) is 24.4 Å². The Morgan fingerprint density at radius 1 is 1.15 bits per heavy atom. The maximum atomic E-state index is 12.2. The van der Waals surface area contributed by atoms with Crippen molar-refractivity contribution in [2.45, 2.75) is 49.8 Å². The molecule has 0 aliphatic carbocycles. The summed E-state index contributed by atoms with van der Waals surface area (Å²) in [6.07, 6.45) is -5.23. The van der Waals surface area contributed by atoms with E-state index in [4.69, 9.17) is 20.3 Å². The summed E-state index contributed by atoms with van der Waals surface area (Å²) in [7, 11) is -16.6. The van der Waals surface area contributed by atoms with Gasteiger partial charge in [-0.1, -0.05) is 11.8 Å². The zero-order valence-corrected chi connectivity index (χ0v) is 23.7. The molecule has 2 heterocycles. The Hall–Kier alpha value is -1.81. The number of amides is 1. The molecule has 232 valence electrons. The Morgan fingerprint density at radius 3 is 2.41 bits per heavy atom. The number of hydrogen-bond acceptors (Lipinski definition) is 13. The van der Waals surface area contributed by atoms with Crippen LogP contribution in [0.25, 0.3) is 0 Å².